The van der Waals surface area contributed by atoms with Gasteiger partial charge in [-0.05, 0) is 58.9 Å². The number of benzene rings is 2. The second-order valence-electron chi connectivity index (χ2n) is 6.69. The molecule has 1 unspecified atom stereocenters. The van der Waals surface area contributed by atoms with Crippen molar-refractivity contribution < 1.29 is 5.11 Å². The molecule has 3 nitrogen and oxygen atoms in total. The Labute approximate surface area is 148 Å². The molecule has 2 aromatic carbocycles. The van der Waals surface area contributed by atoms with Crippen LogP contribution >= 0.6 is 0 Å². The van der Waals surface area contributed by atoms with Gasteiger partial charge in [-0.3, -0.25) is 4.98 Å². The number of aromatic nitrogens is 1. The van der Waals surface area contributed by atoms with Crippen LogP contribution in [0.4, 0.5) is 0 Å². The summed E-state index contributed by atoms with van der Waals surface area (Å²) in [5.41, 5.74) is 5.82. The Balaban J connectivity index is 1.56. The maximum absolute atomic E-state index is 10.1. The van der Waals surface area contributed by atoms with E-state index in [1.807, 2.05) is 24.5 Å². The standard InChI is InChI=1S/C22H22N2O/c25-16-22(11-8-19-5-1-2-7-21(19)22)24-15-17-4-3-6-20(14-17)18-9-12-23-13-10-18/h1-7,9-10,12-14,24-25H,8,11,15-16H2. The van der Waals surface area contributed by atoms with E-state index in [-0.39, 0.29) is 12.1 Å². The summed E-state index contributed by atoms with van der Waals surface area (Å²) >= 11 is 0. The molecule has 1 aliphatic rings. The van der Waals surface area contributed by atoms with Crippen LogP contribution in [0.15, 0.2) is 73.1 Å². The molecule has 1 atom stereocenters. The van der Waals surface area contributed by atoms with Crippen molar-refractivity contribution >= 4 is 0 Å². The van der Waals surface area contributed by atoms with Crippen LogP contribution < -0.4 is 5.32 Å². The number of rotatable bonds is 5. The molecule has 1 aromatic heterocycles. The largest absolute Gasteiger partial charge is 0.394 e. The monoisotopic (exact) mass is 330 g/mol. The van der Waals surface area contributed by atoms with Gasteiger partial charge in [-0.2, -0.15) is 0 Å². The molecule has 0 saturated carbocycles. The number of fused-ring (bicyclic) bond motifs is 1. The normalized spacial score (nSPS) is 18.9. The lowest BCUT2D eigenvalue weighted by molar-refractivity contribution is 0.159. The van der Waals surface area contributed by atoms with E-state index in [0.29, 0.717) is 0 Å². The molecule has 25 heavy (non-hydrogen) atoms. The molecule has 1 heterocycles. The van der Waals surface area contributed by atoms with Crippen molar-refractivity contribution in [1.29, 1.82) is 0 Å². The molecular formula is C22H22N2O. The molecule has 0 radical (unpaired) electrons. The first-order valence-corrected chi connectivity index (χ1v) is 8.74. The number of aliphatic hydroxyl groups excluding tert-OH is 1. The smallest absolute Gasteiger partial charge is 0.0677 e. The number of nitrogens with one attached hydrogen (secondary N) is 1. The van der Waals surface area contributed by atoms with E-state index in [2.05, 4.69) is 58.8 Å². The number of aliphatic hydroxyl groups is 1. The molecule has 0 spiro atoms. The van der Waals surface area contributed by atoms with E-state index in [4.69, 9.17) is 0 Å². The Morgan fingerprint density at radius 1 is 0.960 bits per heavy atom. The minimum atomic E-state index is -0.330. The van der Waals surface area contributed by atoms with Crippen LogP contribution in [0.3, 0.4) is 0 Å². The summed E-state index contributed by atoms with van der Waals surface area (Å²) in [6.45, 7) is 0.849. The summed E-state index contributed by atoms with van der Waals surface area (Å²) in [6, 6.07) is 21.0. The van der Waals surface area contributed by atoms with E-state index in [1.165, 1.54) is 27.8 Å². The maximum atomic E-state index is 10.1. The zero-order valence-corrected chi connectivity index (χ0v) is 14.2. The molecule has 0 bridgehead atoms. The molecule has 2 N–H and O–H groups in total. The predicted octanol–water partition coefficient (Wildman–Crippen LogP) is 3.67. The molecular weight excluding hydrogens is 308 g/mol. The molecule has 0 saturated heterocycles. The van der Waals surface area contributed by atoms with Crippen LogP contribution in [0.2, 0.25) is 0 Å². The van der Waals surface area contributed by atoms with Gasteiger partial charge in [-0.15, -0.1) is 0 Å². The third kappa shape index (κ3) is 3.09. The Bertz CT molecular complexity index is 863. The highest BCUT2D eigenvalue weighted by molar-refractivity contribution is 5.63. The molecule has 0 fully saturated rings. The van der Waals surface area contributed by atoms with Gasteiger partial charge in [0.05, 0.1) is 12.1 Å². The van der Waals surface area contributed by atoms with Crippen LogP contribution in [-0.2, 0) is 18.5 Å². The van der Waals surface area contributed by atoms with Crippen molar-refractivity contribution in [3.63, 3.8) is 0 Å². The lowest BCUT2D eigenvalue weighted by Gasteiger charge is -2.30. The highest BCUT2D eigenvalue weighted by atomic mass is 16.3. The summed E-state index contributed by atoms with van der Waals surface area (Å²) in [5, 5.41) is 13.7. The van der Waals surface area contributed by atoms with Crippen molar-refractivity contribution in [3.05, 3.63) is 89.7 Å². The highest BCUT2D eigenvalue weighted by Crippen LogP contribution is 2.36. The number of aryl methyl sites for hydroxylation is 1. The van der Waals surface area contributed by atoms with Gasteiger partial charge in [-0.25, -0.2) is 0 Å². The number of nitrogens with zero attached hydrogens (tertiary/aromatic N) is 1. The molecule has 3 heteroatoms. The van der Waals surface area contributed by atoms with Crippen molar-refractivity contribution in [2.45, 2.75) is 24.9 Å². The fourth-order valence-electron chi connectivity index (χ4n) is 3.77. The number of hydrogen-bond donors (Lipinski definition) is 2. The lowest BCUT2D eigenvalue weighted by atomic mass is 9.92. The van der Waals surface area contributed by atoms with Crippen molar-refractivity contribution in [2.75, 3.05) is 6.61 Å². The zero-order valence-electron chi connectivity index (χ0n) is 14.2. The van der Waals surface area contributed by atoms with Crippen LogP contribution in [0.25, 0.3) is 11.1 Å². The summed E-state index contributed by atoms with van der Waals surface area (Å²) in [5.74, 6) is 0. The first-order valence-electron chi connectivity index (χ1n) is 8.74. The minimum Gasteiger partial charge on any atom is -0.394 e. The lowest BCUT2D eigenvalue weighted by Crippen LogP contribution is -2.43. The number of hydrogen-bond acceptors (Lipinski definition) is 3. The summed E-state index contributed by atoms with van der Waals surface area (Å²) in [6.07, 6.45) is 5.58. The molecule has 0 aliphatic heterocycles. The molecule has 1 aliphatic carbocycles. The second kappa shape index (κ2) is 6.79. The van der Waals surface area contributed by atoms with E-state index in [1.54, 1.807) is 0 Å². The van der Waals surface area contributed by atoms with E-state index >= 15 is 0 Å². The third-order valence-corrected chi connectivity index (χ3v) is 5.20. The van der Waals surface area contributed by atoms with E-state index in [0.717, 1.165) is 19.4 Å². The van der Waals surface area contributed by atoms with Gasteiger partial charge < -0.3 is 10.4 Å². The van der Waals surface area contributed by atoms with E-state index < -0.39 is 0 Å². The van der Waals surface area contributed by atoms with Gasteiger partial charge in [0.15, 0.2) is 0 Å². The van der Waals surface area contributed by atoms with E-state index in [9.17, 15) is 5.11 Å². The summed E-state index contributed by atoms with van der Waals surface area (Å²) in [7, 11) is 0. The van der Waals surface area contributed by atoms with Gasteiger partial charge in [-0.1, -0.05) is 42.5 Å². The van der Waals surface area contributed by atoms with Crippen molar-refractivity contribution in [2.24, 2.45) is 0 Å². The Morgan fingerprint density at radius 3 is 2.64 bits per heavy atom. The van der Waals surface area contributed by atoms with Gasteiger partial charge in [0.1, 0.15) is 0 Å². The van der Waals surface area contributed by atoms with Crippen LogP contribution in [0.1, 0.15) is 23.1 Å². The molecule has 4 rings (SSSR count). The van der Waals surface area contributed by atoms with Crippen LogP contribution in [-0.4, -0.2) is 16.7 Å². The van der Waals surface area contributed by atoms with Gasteiger partial charge in [0.25, 0.3) is 0 Å². The first kappa shape index (κ1) is 16.0. The Morgan fingerprint density at radius 2 is 1.80 bits per heavy atom. The molecule has 0 amide bonds. The fraction of sp³-hybridized carbons (Fsp3) is 0.227. The third-order valence-electron chi connectivity index (χ3n) is 5.20. The SMILES string of the molecule is OCC1(NCc2cccc(-c3ccncc3)c2)CCc2ccccc21. The van der Waals surface area contributed by atoms with Crippen LogP contribution in [0, 0.1) is 0 Å². The highest BCUT2D eigenvalue weighted by Gasteiger charge is 2.37. The van der Waals surface area contributed by atoms with Gasteiger partial charge in [0, 0.05) is 18.9 Å². The average Bonchev–Trinajstić information content (AvgIpc) is 3.07. The Hall–Kier alpha value is -2.49. The van der Waals surface area contributed by atoms with Crippen molar-refractivity contribution in [1.82, 2.24) is 10.3 Å². The van der Waals surface area contributed by atoms with Crippen molar-refractivity contribution in [3.8, 4) is 11.1 Å². The summed E-state index contributed by atoms with van der Waals surface area (Å²) in [4.78, 5) is 4.08. The fourth-order valence-corrected chi connectivity index (χ4v) is 3.77. The zero-order chi connectivity index (χ0) is 17.1. The second-order valence-corrected chi connectivity index (χ2v) is 6.69. The molecule has 126 valence electrons. The Kier molecular flexibility index (Phi) is 4.35. The topological polar surface area (TPSA) is 45.1 Å². The molecule has 3 aromatic rings. The quantitative estimate of drug-likeness (QED) is 0.750. The average molecular weight is 330 g/mol. The van der Waals surface area contributed by atoms with Gasteiger partial charge in [0.2, 0.25) is 0 Å². The first-order chi connectivity index (χ1) is 12.3. The summed E-state index contributed by atoms with van der Waals surface area (Å²) < 4.78 is 0. The van der Waals surface area contributed by atoms with Gasteiger partial charge >= 0.3 is 0 Å². The predicted molar refractivity (Wildman–Crippen MR) is 100 cm³/mol. The minimum absolute atomic E-state index is 0.119. The maximum Gasteiger partial charge on any atom is 0.0677 e. The van der Waals surface area contributed by atoms with Crippen LogP contribution in [0.5, 0.6) is 0 Å². The number of pyridine rings is 1.